The summed E-state index contributed by atoms with van der Waals surface area (Å²) in [5.74, 6) is 0.718. The van der Waals surface area contributed by atoms with Gasteiger partial charge in [-0.25, -0.2) is 0 Å². The molecule has 122 valence electrons. The highest BCUT2D eigenvalue weighted by Gasteiger charge is 2.26. The first-order valence-electron chi connectivity index (χ1n) is 8.16. The highest BCUT2D eigenvalue weighted by molar-refractivity contribution is 8.18. The van der Waals surface area contributed by atoms with Crippen LogP contribution in [-0.4, -0.2) is 35.2 Å². The first kappa shape index (κ1) is 16.1. The number of thioether (sulfide) groups is 1. The van der Waals surface area contributed by atoms with Gasteiger partial charge in [0.25, 0.3) is 5.91 Å². The summed E-state index contributed by atoms with van der Waals surface area (Å²) in [6.45, 7) is 6.02. The van der Waals surface area contributed by atoms with Crippen LogP contribution in [0.2, 0.25) is 0 Å². The number of piperidine rings is 1. The second kappa shape index (κ2) is 7.21. The number of hydrogen-bond donors (Lipinski definition) is 0. The zero-order valence-corrected chi connectivity index (χ0v) is 14.4. The normalized spacial score (nSPS) is 20.3. The molecule has 2 heterocycles. The zero-order chi connectivity index (χ0) is 16.2. The number of carbonyl (C=O) groups is 1. The number of nitrogens with zero attached hydrogens (tertiary/aromatic N) is 2. The van der Waals surface area contributed by atoms with Crippen molar-refractivity contribution < 1.29 is 9.53 Å². The van der Waals surface area contributed by atoms with Crippen LogP contribution in [0.4, 0.5) is 0 Å². The second-order valence-corrected chi connectivity index (χ2v) is 7.10. The molecule has 1 aromatic rings. The summed E-state index contributed by atoms with van der Waals surface area (Å²) in [7, 11) is 0. The van der Waals surface area contributed by atoms with E-state index in [-0.39, 0.29) is 12.0 Å². The number of carbonyl (C=O) groups excluding carboxylic acids is 1. The second-order valence-electron chi connectivity index (χ2n) is 6.09. The van der Waals surface area contributed by atoms with E-state index >= 15 is 0 Å². The van der Waals surface area contributed by atoms with E-state index in [0.29, 0.717) is 4.91 Å². The molecule has 3 rings (SSSR count). The molecule has 0 saturated carbocycles. The van der Waals surface area contributed by atoms with E-state index in [1.807, 2.05) is 44.2 Å². The minimum atomic E-state index is -0.127. The van der Waals surface area contributed by atoms with Gasteiger partial charge in [0.2, 0.25) is 0 Å². The third-order valence-corrected chi connectivity index (χ3v) is 4.83. The van der Waals surface area contributed by atoms with Crippen LogP contribution in [0.1, 0.15) is 38.7 Å². The quantitative estimate of drug-likeness (QED) is 0.788. The Hall–Kier alpha value is -1.75. The van der Waals surface area contributed by atoms with Gasteiger partial charge in [0.1, 0.15) is 5.75 Å². The molecule has 2 aliphatic rings. The SMILES string of the molecule is CC(C)Oc1ccc(/C=C2\SC(N3CCCCC3)=NC2=O)cc1. The Kier molecular flexibility index (Phi) is 5.06. The van der Waals surface area contributed by atoms with Crippen molar-refractivity contribution in [3.63, 3.8) is 0 Å². The van der Waals surface area contributed by atoms with Crippen molar-refractivity contribution in [3.05, 3.63) is 34.7 Å². The lowest BCUT2D eigenvalue weighted by atomic mass is 10.1. The van der Waals surface area contributed by atoms with Crippen LogP contribution < -0.4 is 4.74 Å². The fraction of sp³-hybridized carbons (Fsp3) is 0.444. The summed E-state index contributed by atoms with van der Waals surface area (Å²) in [6.07, 6.45) is 5.71. The van der Waals surface area contributed by atoms with Gasteiger partial charge < -0.3 is 9.64 Å². The van der Waals surface area contributed by atoms with Crippen molar-refractivity contribution in [1.29, 1.82) is 0 Å². The number of aliphatic imine (C=N–C) groups is 1. The van der Waals surface area contributed by atoms with Gasteiger partial charge in [-0.1, -0.05) is 12.1 Å². The molecule has 0 unspecified atom stereocenters. The van der Waals surface area contributed by atoms with Gasteiger partial charge in [-0.15, -0.1) is 0 Å². The molecule has 0 spiro atoms. The number of ether oxygens (including phenoxy) is 1. The fourth-order valence-corrected chi connectivity index (χ4v) is 3.65. The molecule has 0 N–H and O–H groups in total. The van der Waals surface area contributed by atoms with Crippen LogP contribution in [0.25, 0.3) is 6.08 Å². The average Bonchev–Trinajstić information content (AvgIpc) is 2.91. The molecule has 0 bridgehead atoms. The molecule has 0 aromatic heterocycles. The topological polar surface area (TPSA) is 41.9 Å². The lowest BCUT2D eigenvalue weighted by Crippen LogP contribution is -2.33. The van der Waals surface area contributed by atoms with Gasteiger partial charge in [0.15, 0.2) is 5.17 Å². The molecule has 1 fully saturated rings. The van der Waals surface area contributed by atoms with E-state index in [1.165, 1.54) is 31.0 Å². The lowest BCUT2D eigenvalue weighted by Gasteiger charge is -2.27. The molecule has 1 saturated heterocycles. The van der Waals surface area contributed by atoms with Gasteiger partial charge in [-0.05, 0) is 68.6 Å². The Balaban J connectivity index is 1.67. The van der Waals surface area contributed by atoms with Gasteiger partial charge in [-0.3, -0.25) is 4.79 Å². The smallest absolute Gasteiger partial charge is 0.286 e. The van der Waals surface area contributed by atoms with Crippen LogP contribution in [0, 0.1) is 0 Å². The predicted octanol–water partition coefficient (Wildman–Crippen LogP) is 3.93. The van der Waals surface area contributed by atoms with Crippen molar-refractivity contribution in [1.82, 2.24) is 4.90 Å². The molecular weight excluding hydrogens is 308 g/mol. The van der Waals surface area contributed by atoms with Crippen LogP contribution >= 0.6 is 11.8 Å². The van der Waals surface area contributed by atoms with Crippen LogP contribution in [0.5, 0.6) is 5.75 Å². The summed E-state index contributed by atoms with van der Waals surface area (Å²) in [5.41, 5.74) is 0.993. The molecule has 5 heteroatoms. The molecule has 1 aromatic carbocycles. The van der Waals surface area contributed by atoms with Crippen LogP contribution in [0.15, 0.2) is 34.2 Å². The Morgan fingerprint density at radius 3 is 2.52 bits per heavy atom. The molecule has 0 aliphatic carbocycles. The van der Waals surface area contributed by atoms with E-state index in [2.05, 4.69) is 9.89 Å². The summed E-state index contributed by atoms with van der Waals surface area (Å²) in [6, 6.07) is 7.81. The maximum Gasteiger partial charge on any atom is 0.286 e. The van der Waals surface area contributed by atoms with Gasteiger partial charge in [0, 0.05) is 13.1 Å². The first-order chi connectivity index (χ1) is 11.1. The van der Waals surface area contributed by atoms with E-state index in [0.717, 1.165) is 29.6 Å². The fourth-order valence-electron chi connectivity index (χ4n) is 2.68. The maximum absolute atomic E-state index is 12.1. The highest BCUT2D eigenvalue weighted by Crippen LogP contribution is 2.31. The number of rotatable bonds is 3. The van der Waals surface area contributed by atoms with E-state index in [9.17, 15) is 4.79 Å². The summed E-state index contributed by atoms with van der Waals surface area (Å²) >= 11 is 1.49. The Bertz CT molecular complexity index is 629. The molecule has 23 heavy (non-hydrogen) atoms. The number of likely N-dealkylation sites (tertiary alicyclic amines) is 1. The Labute approximate surface area is 141 Å². The van der Waals surface area contributed by atoms with Crippen molar-refractivity contribution >= 4 is 28.9 Å². The third-order valence-electron chi connectivity index (χ3n) is 3.79. The number of amides is 1. The van der Waals surface area contributed by atoms with Crippen molar-refractivity contribution in [3.8, 4) is 5.75 Å². The first-order valence-corrected chi connectivity index (χ1v) is 8.98. The lowest BCUT2D eigenvalue weighted by molar-refractivity contribution is -0.113. The standard InChI is InChI=1S/C18H22N2O2S/c1-13(2)22-15-8-6-14(7-9-15)12-16-17(21)19-18(23-16)20-10-4-3-5-11-20/h6-9,12-13H,3-5,10-11H2,1-2H3/b16-12-. The summed E-state index contributed by atoms with van der Waals surface area (Å²) < 4.78 is 5.63. The number of benzene rings is 1. The highest BCUT2D eigenvalue weighted by atomic mass is 32.2. The third kappa shape index (κ3) is 4.16. The maximum atomic E-state index is 12.1. The monoisotopic (exact) mass is 330 g/mol. The Morgan fingerprint density at radius 1 is 1.17 bits per heavy atom. The van der Waals surface area contributed by atoms with Crippen LogP contribution in [-0.2, 0) is 4.79 Å². The summed E-state index contributed by atoms with van der Waals surface area (Å²) in [5, 5.41) is 0.862. The van der Waals surface area contributed by atoms with E-state index in [1.54, 1.807) is 0 Å². The largest absolute Gasteiger partial charge is 0.491 e. The molecule has 1 amide bonds. The predicted molar refractivity (Wildman–Crippen MR) is 95.6 cm³/mol. The zero-order valence-electron chi connectivity index (χ0n) is 13.6. The van der Waals surface area contributed by atoms with E-state index in [4.69, 9.17) is 4.74 Å². The van der Waals surface area contributed by atoms with Crippen molar-refractivity contribution in [2.45, 2.75) is 39.2 Å². The number of amidine groups is 1. The molecule has 4 nitrogen and oxygen atoms in total. The van der Waals surface area contributed by atoms with Crippen molar-refractivity contribution in [2.24, 2.45) is 4.99 Å². The van der Waals surface area contributed by atoms with Gasteiger partial charge in [-0.2, -0.15) is 4.99 Å². The summed E-state index contributed by atoms with van der Waals surface area (Å²) in [4.78, 5) is 19.3. The minimum Gasteiger partial charge on any atom is -0.491 e. The molecule has 2 aliphatic heterocycles. The average molecular weight is 330 g/mol. The van der Waals surface area contributed by atoms with Crippen molar-refractivity contribution in [2.75, 3.05) is 13.1 Å². The molecular formula is C18H22N2O2S. The number of hydrogen-bond acceptors (Lipinski definition) is 4. The minimum absolute atomic E-state index is 0.127. The van der Waals surface area contributed by atoms with Crippen LogP contribution in [0.3, 0.4) is 0 Å². The molecule has 0 atom stereocenters. The van der Waals surface area contributed by atoms with Gasteiger partial charge >= 0.3 is 0 Å². The Morgan fingerprint density at radius 2 is 1.87 bits per heavy atom. The molecule has 0 radical (unpaired) electrons. The van der Waals surface area contributed by atoms with E-state index < -0.39 is 0 Å². The van der Waals surface area contributed by atoms with Gasteiger partial charge in [0.05, 0.1) is 11.0 Å².